The predicted octanol–water partition coefficient (Wildman–Crippen LogP) is 2.44. The van der Waals surface area contributed by atoms with E-state index in [2.05, 4.69) is 4.98 Å². The van der Waals surface area contributed by atoms with Gasteiger partial charge in [0, 0.05) is 5.56 Å². The van der Waals surface area contributed by atoms with E-state index >= 15 is 0 Å². The number of rotatable bonds is 1. The standard InChI is InChI=1S/C7H5ClF4N2/c8-6-4(1-3(9)2-14-6)5(13)7(10,11)12/h1-2,5H,13H2/t5-/m0/s1. The first kappa shape index (κ1) is 11.2. The average molecular weight is 229 g/mol. The van der Waals surface area contributed by atoms with E-state index in [4.69, 9.17) is 17.3 Å². The van der Waals surface area contributed by atoms with Gasteiger partial charge in [-0.15, -0.1) is 0 Å². The van der Waals surface area contributed by atoms with Crippen LogP contribution in [0.3, 0.4) is 0 Å². The number of hydrogen-bond donors (Lipinski definition) is 1. The van der Waals surface area contributed by atoms with Crippen molar-refractivity contribution in [3.63, 3.8) is 0 Å². The number of hydrogen-bond acceptors (Lipinski definition) is 2. The molecule has 0 amide bonds. The topological polar surface area (TPSA) is 38.9 Å². The third-order valence-corrected chi connectivity index (χ3v) is 1.84. The summed E-state index contributed by atoms with van der Waals surface area (Å²) in [4.78, 5) is 3.22. The van der Waals surface area contributed by atoms with E-state index in [1.54, 1.807) is 0 Å². The Morgan fingerprint density at radius 3 is 2.50 bits per heavy atom. The van der Waals surface area contributed by atoms with Gasteiger partial charge in [0.25, 0.3) is 0 Å². The Bertz CT molecular complexity index is 339. The van der Waals surface area contributed by atoms with Crippen LogP contribution in [0.25, 0.3) is 0 Å². The minimum Gasteiger partial charge on any atom is -0.316 e. The maximum atomic E-state index is 12.6. The van der Waals surface area contributed by atoms with Crippen LogP contribution in [-0.4, -0.2) is 11.2 Å². The molecule has 0 unspecified atom stereocenters. The Labute approximate surface area is 81.7 Å². The van der Waals surface area contributed by atoms with Crippen LogP contribution in [0.2, 0.25) is 5.15 Å². The Hall–Kier alpha value is -0.880. The number of halogens is 5. The Morgan fingerprint density at radius 2 is 2.00 bits per heavy atom. The molecule has 0 fully saturated rings. The highest BCUT2D eigenvalue weighted by molar-refractivity contribution is 6.30. The maximum Gasteiger partial charge on any atom is 0.407 e. The summed E-state index contributed by atoms with van der Waals surface area (Å²) in [6.45, 7) is 0. The lowest BCUT2D eigenvalue weighted by Crippen LogP contribution is -2.29. The zero-order chi connectivity index (χ0) is 10.9. The SMILES string of the molecule is N[C@@H](c1cc(F)cnc1Cl)C(F)(F)F. The molecule has 0 bridgehead atoms. The fourth-order valence-electron chi connectivity index (χ4n) is 0.833. The van der Waals surface area contributed by atoms with E-state index in [0.717, 1.165) is 6.20 Å². The van der Waals surface area contributed by atoms with Gasteiger partial charge in [-0.25, -0.2) is 9.37 Å². The molecule has 1 rings (SSSR count). The summed E-state index contributed by atoms with van der Waals surface area (Å²) < 4.78 is 48.9. The highest BCUT2D eigenvalue weighted by atomic mass is 35.5. The number of aromatic nitrogens is 1. The minimum atomic E-state index is -4.67. The first-order chi connectivity index (χ1) is 6.32. The molecule has 1 aromatic rings. The van der Waals surface area contributed by atoms with Crippen molar-refractivity contribution in [3.8, 4) is 0 Å². The van der Waals surface area contributed by atoms with Crippen LogP contribution in [0.5, 0.6) is 0 Å². The van der Waals surface area contributed by atoms with E-state index in [1.165, 1.54) is 0 Å². The van der Waals surface area contributed by atoms with Crippen LogP contribution < -0.4 is 5.73 Å². The van der Waals surface area contributed by atoms with Crippen molar-refractivity contribution in [2.24, 2.45) is 5.73 Å². The zero-order valence-electron chi connectivity index (χ0n) is 6.65. The van der Waals surface area contributed by atoms with E-state index in [9.17, 15) is 17.6 Å². The molecule has 0 aliphatic rings. The summed E-state index contributed by atoms with van der Waals surface area (Å²) in [5, 5.41) is -0.448. The summed E-state index contributed by atoms with van der Waals surface area (Å²) in [6.07, 6.45) is -3.95. The molecule has 0 spiro atoms. The molecule has 0 aliphatic heterocycles. The van der Waals surface area contributed by atoms with Crippen molar-refractivity contribution < 1.29 is 17.6 Å². The van der Waals surface area contributed by atoms with Gasteiger partial charge in [0.1, 0.15) is 17.0 Å². The number of nitrogens with zero attached hydrogens (tertiary/aromatic N) is 1. The van der Waals surface area contributed by atoms with E-state index in [-0.39, 0.29) is 0 Å². The predicted molar refractivity (Wildman–Crippen MR) is 42.2 cm³/mol. The molecule has 0 radical (unpaired) electrons. The molecule has 1 heterocycles. The van der Waals surface area contributed by atoms with Gasteiger partial charge in [-0.2, -0.15) is 13.2 Å². The van der Waals surface area contributed by atoms with Gasteiger partial charge >= 0.3 is 6.18 Å². The largest absolute Gasteiger partial charge is 0.407 e. The molecule has 2 nitrogen and oxygen atoms in total. The average Bonchev–Trinajstić information content (AvgIpc) is 2.06. The lowest BCUT2D eigenvalue weighted by Gasteiger charge is -2.16. The molecule has 0 aliphatic carbocycles. The van der Waals surface area contributed by atoms with Gasteiger partial charge in [0.05, 0.1) is 6.20 Å². The second kappa shape index (κ2) is 3.70. The summed E-state index contributed by atoms with van der Waals surface area (Å²) >= 11 is 5.34. The summed E-state index contributed by atoms with van der Waals surface area (Å²) in [5.41, 5.74) is 4.26. The smallest absolute Gasteiger partial charge is 0.316 e. The van der Waals surface area contributed by atoms with E-state index in [1.807, 2.05) is 0 Å². The Kier molecular flexibility index (Phi) is 2.96. The van der Waals surface area contributed by atoms with Gasteiger partial charge in [-0.05, 0) is 6.07 Å². The first-order valence-electron chi connectivity index (χ1n) is 3.45. The molecule has 1 atom stereocenters. The molecule has 14 heavy (non-hydrogen) atoms. The van der Waals surface area contributed by atoms with Crippen LogP contribution in [0, 0.1) is 5.82 Å². The minimum absolute atomic E-state index is 0.448. The van der Waals surface area contributed by atoms with Gasteiger partial charge < -0.3 is 5.73 Å². The van der Waals surface area contributed by atoms with Crippen molar-refractivity contribution in [2.75, 3.05) is 0 Å². The van der Waals surface area contributed by atoms with E-state index < -0.39 is 28.8 Å². The van der Waals surface area contributed by atoms with Crippen LogP contribution in [0.1, 0.15) is 11.6 Å². The summed E-state index contributed by atoms with van der Waals surface area (Å²) in [6, 6.07) is -1.70. The third kappa shape index (κ3) is 2.33. The monoisotopic (exact) mass is 228 g/mol. The molecule has 0 aromatic carbocycles. The van der Waals surface area contributed by atoms with Crippen molar-refractivity contribution >= 4 is 11.6 Å². The molecular weight excluding hydrogens is 224 g/mol. The van der Waals surface area contributed by atoms with Gasteiger partial charge in [0.15, 0.2) is 0 Å². The highest BCUT2D eigenvalue weighted by Crippen LogP contribution is 2.33. The molecule has 2 N–H and O–H groups in total. The number of nitrogens with two attached hydrogens (primary N) is 1. The molecule has 0 saturated carbocycles. The molecule has 0 saturated heterocycles. The molecule has 78 valence electrons. The number of alkyl halides is 3. The van der Waals surface area contributed by atoms with E-state index in [0.29, 0.717) is 6.07 Å². The summed E-state index contributed by atoms with van der Waals surface area (Å²) in [5.74, 6) is -0.913. The van der Waals surface area contributed by atoms with Crippen molar-refractivity contribution in [2.45, 2.75) is 12.2 Å². The zero-order valence-corrected chi connectivity index (χ0v) is 7.40. The van der Waals surface area contributed by atoms with Crippen LogP contribution in [-0.2, 0) is 0 Å². The van der Waals surface area contributed by atoms with Crippen LogP contribution in [0.4, 0.5) is 17.6 Å². The van der Waals surface area contributed by atoms with Crippen LogP contribution >= 0.6 is 11.6 Å². The fraction of sp³-hybridized carbons (Fsp3) is 0.286. The Morgan fingerprint density at radius 1 is 1.43 bits per heavy atom. The van der Waals surface area contributed by atoms with Gasteiger partial charge in [0.2, 0.25) is 0 Å². The van der Waals surface area contributed by atoms with Crippen molar-refractivity contribution in [1.29, 1.82) is 0 Å². The van der Waals surface area contributed by atoms with Gasteiger partial charge in [-0.3, -0.25) is 0 Å². The van der Waals surface area contributed by atoms with Crippen molar-refractivity contribution in [1.82, 2.24) is 4.98 Å². The van der Waals surface area contributed by atoms with Crippen molar-refractivity contribution in [3.05, 3.63) is 28.8 Å². The lowest BCUT2D eigenvalue weighted by molar-refractivity contribution is -0.149. The molecule has 1 aromatic heterocycles. The summed E-state index contributed by atoms with van der Waals surface area (Å²) in [7, 11) is 0. The lowest BCUT2D eigenvalue weighted by atomic mass is 10.1. The van der Waals surface area contributed by atoms with Crippen LogP contribution in [0.15, 0.2) is 12.3 Å². The third-order valence-electron chi connectivity index (χ3n) is 1.52. The first-order valence-corrected chi connectivity index (χ1v) is 3.83. The second-order valence-electron chi connectivity index (χ2n) is 2.55. The maximum absolute atomic E-state index is 12.6. The number of pyridine rings is 1. The van der Waals surface area contributed by atoms with Gasteiger partial charge in [-0.1, -0.05) is 11.6 Å². The fourth-order valence-corrected chi connectivity index (χ4v) is 1.05. The molecular formula is C7H5ClF4N2. The molecule has 7 heteroatoms. The normalized spacial score (nSPS) is 14.1. The quantitative estimate of drug-likeness (QED) is 0.592. The Balaban J connectivity index is 3.12. The second-order valence-corrected chi connectivity index (χ2v) is 2.91. The highest BCUT2D eigenvalue weighted by Gasteiger charge is 2.39.